The number of hydrogen-bond donors (Lipinski definition) is 4. The number of carbonyl (C=O) groups excluding carboxylic acids is 1. The molecule has 0 heterocycles. The number of anilines is 4. The number of allylic oxidation sites excluding steroid dienone is 2. The Morgan fingerprint density at radius 3 is 1.94 bits per heavy atom. The van der Waals surface area contributed by atoms with Crippen LogP contribution in [-0.2, 0) is 16.0 Å². The van der Waals surface area contributed by atoms with E-state index in [0.717, 1.165) is 11.3 Å². The molecule has 0 saturated carbocycles. The van der Waals surface area contributed by atoms with Crippen molar-refractivity contribution >= 4 is 39.9 Å². The minimum Gasteiger partial charge on any atom is -0.491 e. The molecule has 4 rings (SSSR count). The van der Waals surface area contributed by atoms with Crippen molar-refractivity contribution in [2.75, 3.05) is 29.6 Å². The maximum Gasteiger partial charge on any atom is 0.226 e. The van der Waals surface area contributed by atoms with Crippen molar-refractivity contribution in [1.82, 2.24) is 0 Å². The van der Waals surface area contributed by atoms with Crippen molar-refractivity contribution in [2.45, 2.75) is 6.42 Å². The highest BCUT2D eigenvalue weighted by molar-refractivity contribution is 6.25. The van der Waals surface area contributed by atoms with Crippen LogP contribution in [0.5, 0.6) is 0 Å². The first-order chi connectivity index (χ1) is 15.9. The van der Waals surface area contributed by atoms with Gasteiger partial charge in [-0.25, -0.2) is 4.99 Å². The Morgan fingerprint density at radius 1 is 0.818 bits per heavy atom. The number of carbonyl (C=O) groups is 1. The molecule has 0 spiro atoms. The third kappa shape index (κ3) is 5.04. The first-order valence-corrected chi connectivity index (χ1v) is 10.4. The fourth-order valence-corrected chi connectivity index (χ4v) is 3.47. The minimum absolute atomic E-state index is 0.189. The van der Waals surface area contributed by atoms with Gasteiger partial charge in [-0.15, -0.1) is 0 Å². The van der Waals surface area contributed by atoms with Gasteiger partial charge in [-0.2, -0.15) is 0 Å². The lowest BCUT2D eigenvalue weighted by atomic mass is 9.93. The Hall–Kier alpha value is -4.52. The number of nitrogen functional groups attached to an aromatic ring is 3. The van der Waals surface area contributed by atoms with Crippen LogP contribution in [0.25, 0.3) is 0 Å². The largest absolute Gasteiger partial charge is 0.491 e. The number of nitrogens with one attached hydrogen (secondary N) is 1. The van der Waals surface area contributed by atoms with Crippen molar-refractivity contribution in [1.29, 1.82) is 0 Å². The van der Waals surface area contributed by atoms with E-state index in [1.54, 1.807) is 30.3 Å². The lowest BCUT2D eigenvalue weighted by Gasteiger charge is -2.22. The van der Waals surface area contributed by atoms with Gasteiger partial charge in [0.15, 0.2) is 5.76 Å². The average Bonchev–Trinajstić information content (AvgIpc) is 2.81. The second kappa shape index (κ2) is 9.32. The molecule has 7 nitrogen and oxygen atoms in total. The van der Waals surface area contributed by atoms with Crippen molar-refractivity contribution < 1.29 is 9.53 Å². The summed E-state index contributed by atoms with van der Waals surface area (Å²) < 4.78 is 5.57. The zero-order valence-corrected chi connectivity index (χ0v) is 18.2. The number of Topliss-reactive ketones (excluding diaryl/α,β-unsaturated/α-hetero) is 1. The van der Waals surface area contributed by atoms with Crippen LogP contribution in [0.4, 0.5) is 28.4 Å². The third-order valence-corrected chi connectivity index (χ3v) is 5.19. The Balaban J connectivity index is 1.77. The van der Waals surface area contributed by atoms with Gasteiger partial charge in [0.1, 0.15) is 5.70 Å². The van der Waals surface area contributed by atoms with E-state index in [-0.39, 0.29) is 11.5 Å². The highest BCUT2D eigenvalue weighted by Gasteiger charge is 2.29. The van der Waals surface area contributed by atoms with Crippen LogP contribution < -0.4 is 22.5 Å². The lowest BCUT2D eigenvalue weighted by molar-refractivity contribution is -0.115. The number of methoxy groups -OCH3 is 1. The van der Waals surface area contributed by atoms with Crippen LogP contribution in [0.2, 0.25) is 0 Å². The van der Waals surface area contributed by atoms with Gasteiger partial charge in [0.2, 0.25) is 5.78 Å². The van der Waals surface area contributed by atoms with E-state index in [1.165, 1.54) is 7.11 Å². The normalized spacial score (nSPS) is 14.9. The molecule has 0 saturated heterocycles. The van der Waals surface area contributed by atoms with Crippen LogP contribution in [0.3, 0.4) is 0 Å². The second-order valence-electron chi connectivity index (χ2n) is 7.66. The number of ether oxygens (including phenoxy) is 1. The number of nitrogens with zero attached hydrogens (tertiary/aromatic N) is 1. The van der Waals surface area contributed by atoms with E-state index >= 15 is 0 Å². The Bertz CT molecular complexity index is 1260. The fraction of sp³-hybridized carbons (Fsp3) is 0.0769. The number of aliphatic imine (C=N–C) groups is 1. The molecule has 33 heavy (non-hydrogen) atoms. The number of ketones is 1. The topological polar surface area (TPSA) is 129 Å². The van der Waals surface area contributed by atoms with E-state index in [0.29, 0.717) is 46.2 Å². The Morgan fingerprint density at radius 2 is 1.36 bits per heavy atom. The Labute approximate surface area is 192 Å². The molecule has 166 valence electrons. The monoisotopic (exact) mass is 439 g/mol. The van der Waals surface area contributed by atoms with Gasteiger partial charge < -0.3 is 27.3 Å². The van der Waals surface area contributed by atoms with E-state index in [9.17, 15) is 4.79 Å². The van der Waals surface area contributed by atoms with Crippen LogP contribution in [-0.4, -0.2) is 18.6 Å². The smallest absolute Gasteiger partial charge is 0.226 e. The molecular weight excluding hydrogens is 414 g/mol. The molecule has 0 aliphatic heterocycles. The maximum atomic E-state index is 13.3. The maximum absolute atomic E-state index is 13.3. The summed E-state index contributed by atoms with van der Waals surface area (Å²) in [5.41, 5.74) is 23.4. The van der Waals surface area contributed by atoms with Gasteiger partial charge in [0, 0.05) is 34.7 Å². The highest BCUT2D eigenvalue weighted by atomic mass is 16.5. The predicted molar refractivity (Wildman–Crippen MR) is 134 cm³/mol. The van der Waals surface area contributed by atoms with E-state index in [4.69, 9.17) is 26.9 Å². The van der Waals surface area contributed by atoms with Crippen LogP contribution in [0.15, 0.2) is 101 Å². The fourth-order valence-electron chi connectivity index (χ4n) is 3.47. The summed E-state index contributed by atoms with van der Waals surface area (Å²) in [5, 5.41) is 3.27. The molecule has 0 aromatic heterocycles. The summed E-state index contributed by atoms with van der Waals surface area (Å²) >= 11 is 0. The van der Waals surface area contributed by atoms with Gasteiger partial charge >= 0.3 is 0 Å². The molecule has 1 aliphatic carbocycles. The molecule has 0 bridgehead atoms. The van der Waals surface area contributed by atoms with Gasteiger partial charge in [-0.3, -0.25) is 4.79 Å². The van der Waals surface area contributed by atoms with E-state index in [1.807, 2.05) is 48.5 Å². The van der Waals surface area contributed by atoms with Crippen molar-refractivity contribution in [2.24, 2.45) is 4.99 Å². The number of rotatable bonds is 6. The summed E-state index contributed by atoms with van der Waals surface area (Å²) in [4.78, 5) is 18.1. The average molecular weight is 440 g/mol. The molecular formula is C26H25N5O2. The standard InChI is InChI=1S/C26H25N5O2/c1-33-26-24(31-22-12-8-20(29)9-13-22)23(30-21-10-6-19(28)7-11-21)15-17(25(26)32)14-16-2-4-18(27)5-3-16/h2-13,15,31H,14,27-29H2,1H3. The summed E-state index contributed by atoms with van der Waals surface area (Å²) in [6, 6.07) is 21.8. The molecule has 0 atom stereocenters. The quantitative estimate of drug-likeness (QED) is 0.336. The number of benzene rings is 3. The van der Waals surface area contributed by atoms with Crippen molar-refractivity contribution in [3.05, 3.63) is 101 Å². The van der Waals surface area contributed by atoms with Gasteiger partial charge in [0.25, 0.3) is 0 Å². The summed E-state index contributed by atoms with van der Waals surface area (Å²) in [6.45, 7) is 0. The number of hydrogen-bond acceptors (Lipinski definition) is 7. The molecule has 0 fully saturated rings. The summed E-state index contributed by atoms with van der Waals surface area (Å²) in [6.07, 6.45) is 2.21. The SMILES string of the molecule is COC1=C(Nc2ccc(N)cc2)C(=Nc2ccc(N)cc2)C=C(Cc2ccc(N)cc2)C1=O. The van der Waals surface area contributed by atoms with Crippen LogP contribution in [0.1, 0.15) is 5.56 Å². The van der Waals surface area contributed by atoms with E-state index < -0.39 is 0 Å². The highest BCUT2D eigenvalue weighted by Crippen LogP contribution is 2.28. The van der Waals surface area contributed by atoms with E-state index in [2.05, 4.69) is 5.32 Å². The molecule has 0 amide bonds. The molecule has 0 unspecified atom stereocenters. The third-order valence-electron chi connectivity index (χ3n) is 5.19. The molecule has 7 N–H and O–H groups in total. The Kier molecular flexibility index (Phi) is 6.13. The lowest BCUT2D eigenvalue weighted by Crippen LogP contribution is -2.25. The molecule has 0 radical (unpaired) electrons. The van der Waals surface area contributed by atoms with Crippen LogP contribution >= 0.6 is 0 Å². The van der Waals surface area contributed by atoms with Crippen LogP contribution in [0, 0.1) is 0 Å². The zero-order valence-electron chi connectivity index (χ0n) is 18.2. The molecule has 3 aromatic carbocycles. The first-order valence-electron chi connectivity index (χ1n) is 10.4. The van der Waals surface area contributed by atoms with Crippen molar-refractivity contribution in [3.8, 4) is 0 Å². The first kappa shape index (κ1) is 21.7. The molecule has 7 heteroatoms. The molecule has 1 aliphatic rings. The summed E-state index contributed by atoms with van der Waals surface area (Å²) in [5.74, 6) is -0.0162. The molecule has 3 aromatic rings. The zero-order chi connectivity index (χ0) is 23.4. The van der Waals surface area contributed by atoms with Gasteiger partial charge in [0.05, 0.1) is 18.5 Å². The van der Waals surface area contributed by atoms with Crippen molar-refractivity contribution in [3.63, 3.8) is 0 Å². The second-order valence-corrected chi connectivity index (χ2v) is 7.66. The minimum atomic E-state index is -0.205. The predicted octanol–water partition coefficient (Wildman–Crippen LogP) is 4.23. The van der Waals surface area contributed by atoms with Gasteiger partial charge in [-0.05, 0) is 72.3 Å². The summed E-state index contributed by atoms with van der Waals surface area (Å²) in [7, 11) is 1.48. The van der Waals surface area contributed by atoms with Gasteiger partial charge in [-0.1, -0.05) is 12.1 Å². The number of nitrogens with two attached hydrogens (primary N) is 3.